The number of carbonyl (C=O) groups excluding carboxylic acids is 1. The Morgan fingerprint density at radius 2 is 0.564 bits per heavy atom. The summed E-state index contributed by atoms with van der Waals surface area (Å²) >= 11 is 0. The lowest BCUT2D eigenvalue weighted by molar-refractivity contribution is -0.354. The van der Waals surface area contributed by atoms with Crippen molar-refractivity contribution in [2.45, 2.75) is 209 Å². The Balaban J connectivity index is 1.02. The Bertz CT molecular complexity index is 1800. The van der Waals surface area contributed by atoms with Gasteiger partial charge in [0.1, 0.15) is 171 Å². The Labute approximate surface area is 439 Å². The van der Waals surface area contributed by atoms with Gasteiger partial charge < -0.3 is 179 Å². The third kappa shape index (κ3) is 14.6. The van der Waals surface area contributed by atoms with Crippen LogP contribution in [0.25, 0.3) is 0 Å². The van der Waals surface area contributed by atoms with E-state index in [2.05, 4.69) is 0 Å². The summed E-state index contributed by atoms with van der Waals surface area (Å²) in [6.45, 7) is -6.04. The third-order valence-corrected chi connectivity index (χ3v) is 14.0. The van der Waals surface area contributed by atoms with E-state index in [0.717, 1.165) is 0 Å². The molecular formula is C42H72O36. The molecule has 0 aromatic heterocycles. The summed E-state index contributed by atoms with van der Waals surface area (Å²) in [5.41, 5.74) is 0. The van der Waals surface area contributed by atoms with E-state index < -0.39 is 255 Å². The molecule has 6 heterocycles. The molecule has 6 rings (SSSR count). The van der Waals surface area contributed by atoms with Crippen molar-refractivity contribution in [3.05, 3.63) is 0 Å². The van der Waals surface area contributed by atoms with E-state index >= 15 is 0 Å². The molecule has 0 bridgehead atoms. The molecule has 23 N–H and O–H groups in total. The SMILES string of the molecule is O=C[C@H](O)[C@@H](O)[C@H](O[C@H]1O[C@H](CO[C@H]2O[C@H](CO[C@H]3O[C@H](CO[C@H]4O[C@H](CO[C@H]5O[C@H](CO[C@H]6O[C@H](CO)[C@@H](O)[C@H](O)[C@H]6O)[C@@H](O)[C@H](O)[C@H]5O)[C@@H](O)[C@H](O)[C@H]4O)[C@@H](O)[C@H](O)[C@H]3O)[C@@H](O)[C@H](O)[C@H]2O)[C@@H](O)[C@H](O)[C@H]1O)[C@H](O)CO. The molecule has 0 amide bonds. The van der Waals surface area contributed by atoms with Crippen molar-refractivity contribution in [1.29, 1.82) is 0 Å². The van der Waals surface area contributed by atoms with Gasteiger partial charge in [0.25, 0.3) is 0 Å². The molecule has 0 unspecified atom stereocenters. The van der Waals surface area contributed by atoms with Crippen molar-refractivity contribution < 1.29 is 179 Å². The second-order valence-corrected chi connectivity index (χ2v) is 19.4. The fourth-order valence-electron chi connectivity index (χ4n) is 9.02. The molecule has 34 atom stereocenters. The summed E-state index contributed by atoms with van der Waals surface area (Å²) in [6.07, 6.45) is -65.4. The smallest absolute Gasteiger partial charge is 0.187 e. The van der Waals surface area contributed by atoms with Crippen molar-refractivity contribution >= 4 is 6.29 Å². The van der Waals surface area contributed by atoms with Crippen molar-refractivity contribution in [1.82, 2.24) is 0 Å². The van der Waals surface area contributed by atoms with E-state index in [1.54, 1.807) is 0 Å². The topological polar surface area (TPSA) is 593 Å². The largest absolute Gasteiger partial charge is 0.394 e. The lowest BCUT2D eigenvalue weighted by Crippen LogP contribution is -2.63. The summed E-state index contributed by atoms with van der Waals surface area (Å²) in [6, 6.07) is 0. The number of aliphatic hydroxyl groups excluding tert-OH is 23. The number of ether oxygens (including phenoxy) is 12. The maximum absolute atomic E-state index is 11.1. The molecule has 6 saturated heterocycles. The Morgan fingerprint density at radius 3 is 0.808 bits per heavy atom. The molecule has 6 aliphatic heterocycles. The molecule has 0 radical (unpaired) electrons. The molecule has 456 valence electrons. The van der Waals surface area contributed by atoms with E-state index in [1.165, 1.54) is 0 Å². The number of carbonyl (C=O) groups is 1. The van der Waals surface area contributed by atoms with Crippen molar-refractivity contribution in [3.8, 4) is 0 Å². The third-order valence-electron chi connectivity index (χ3n) is 14.0. The fourth-order valence-corrected chi connectivity index (χ4v) is 9.02. The van der Waals surface area contributed by atoms with Crippen LogP contribution < -0.4 is 0 Å². The van der Waals surface area contributed by atoms with Gasteiger partial charge in [0.05, 0.1) is 46.2 Å². The van der Waals surface area contributed by atoms with Crippen LogP contribution in [0.4, 0.5) is 0 Å². The highest BCUT2D eigenvalue weighted by molar-refractivity contribution is 5.56. The van der Waals surface area contributed by atoms with E-state index in [-0.39, 0.29) is 6.29 Å². The molecule has 36 heteroatoms. The second kappa shape index (κ2) is 28.7. The zero-order valence-corrected chi connectivity index (χ0v) is 40.8. The Morgan fingerprint density at radius 1 is 0.333 bits per heavy atom. The number of hydrogen-bond acceptors (Lipinski definition) is 36. The van der Waals surface area contributed by atoms with Crippen LogP contribution in [0.5, 0.6) is 0 Å². The zero-order chi connectivity index (χ0) is 57.8. The summed E-state index contributed by atoms with van der Waals surface area (Å²) in [4.78, 5) is 11.1. The highest BCUT2D eigenvalue weighted by Crippen LogP contribution is 2.32. The van der Waals surface area contributed by atoms with Gasteiger partial charge in [-0.1, -0.05) is 0 Å². The number of aliphatic hydroxyl groups is 23. The van der Waals surface area contributed by atoms with Crippen LogP contribution in [0.2, 0.25) is 0 Å². The molecule has 36 nitrogen and oxygen atoms in total. The standard InChI is InChI=1S/C42H72O36/c43-1-9(46)17(48)36(10(47)2-44)78-42-35(66)29(60)23(54)16(77-42)8-71-41-34(65)28(59)22(53)15(76-41)7-70-40-33(64)27(58)21(52)14(75-40)6-69-39-32(63)26(57)20(51)13(74-39)5-68-38-31(62)25(56)19(50)12(73-38)4-67-37-30(61)24(55)18(49)11(3-45)72-37/h1,9-42,44-66H,2-8H2/t9-,10+,11+,12+,13+,14+,15+,16+,17+,18+,19+,20+,21+,22+,23+,24-,25-,26-,27-,28-,29-,30+,31+,32+,33+,34+,35+,36+,37-,38-,39-,40-,41-,42+/m0/s1. The predicted molar refractivity (Wildman–Crippen MR) is 233 cm³/mol. The van der Waals surface area contributed by atoms with Crippen molar-refractivity contribution in [2.24, 2.45) is 0 Å². The van der Waals surface area contributed by atoms with E-state index in [0.29, 0.717) is 0 Å². The van der Waals surface area contributed by atoms with Gasteiger partial charge in [-0.15, -0.1) is 0 Å². The quantitative estimate of drug-likeness (QED) is 0.0423. The van der Waals surface area contributed by atoms with Crippen molar-refractivity contribution in [2.75, 3.05) is 46.2 Å². The first-order valence-corrected chi connectivity index (χ1v) is 24.4. The van der Waals surface area contributed by atoms with E-state index in [4.69, 9.17) is 56.8 Å². The maximum Gasteiger partial charge on any atom is 0.187 e. The molecule has 0 aromatic carbocycles. The van der Waals surface area contributed by atoms with Crippen LogP contribution in [-0.4, -0.2) is 379 Å². The van der Waals surface area contributed by atoms with Gasteiger partial charge in [0, 0.05) is 0 Å². The monoisotopic (exact) mass is 1150 g/mol. The highest BCUT2D eigenvalue weighted by Gasteiger charge is 2.53. The first-order valence-electron chi connectivity index (χ1n) is 24.4. The molecule has 0 spiro atoms. The van der Waals surface area contributed by atoms with Crippen LogP contribution in [0.15, 0.2) is 0 Å². The number of aldehydes is 1. The summed E-state index contributed by atoms with van der Waals surface area (Å²) < 4.78 is 65.7. The lowest BCUT2D eigenvalue weighted by Gasteiger charge is -2.45. The second-order valence-electron chi connectivity index (χ2n) is 19.4. The Hall–Kier alpha value is -1.73. The van der Waals surface area contributed by atoms with Crippen LogP contribution in [0.1, 0.15) is 0 Å². The maximum atomic E-state index is 11.1. The van der Waals surface area contributed by atoms with E-state index in [1.807, 2.05) is 0 Å². The first-order chi connectivity index (χ1) is 36.8. The number of rotatable bonds is 23. The highest BCUT2D eigenvalue weighted by atomic mass is 16.8. The Kier molecular flexibility index (Phi) is 24.1. The molecular weight excluding hydrogens is 1080 g/mol. The van der Waals surface area contributed by atoms with Crippen molar-refractivity contribution in [3.63, 3.8) is 0 Å². The van der Waals surface area contributed by atoms with Gasteiger partial charge in [-0.3, -0.25) is 0 Å². The molecule has 6 aliphatic rings. The molecule has 0 aromatic rings. The van der Waals surface area contributed by atoms with Gasteiger partial charge in [0.15, 0.2) is 44.0 Å². The van der Waals surface area contributed by atoms with Gasteiger partial charge in [-0.05, 0) is 0 Å². The summed E-state index contributed by atoms with van der Waals surface area (Å²) in [7, 11) is 0. The zero-order valence-electron chi connectivity index (χ0n) is 40.8. The summed E-state index contributed by atoms with van der Waals surface area (Å²) in [5, 5.41) is 240. The minimum Gasteiger partial charge on any atom is -0.394 e. The van der Waals surface area contributed by atoms with Crippen LogP contribution in [0.3, 0.4) is 0 Å². The van der Waals surface area contributed by atoms with Crippen LogP contribution >= 0.6 is 0 Å². The van der Waals surface area contributed by atoms with Gasteiger partial charge in [-0.2, -0.15) is 0 Å². The lowest BCUT2D eigenvalue weighted by atomic mass is 9.97. The van der Waals surface area contributed by atoms with Crippen LogP contribution in [-0.2, 0) is 61.6 Å². The van der Waals surface area contributed by atoms with Gasteiger partial charge >= 0.3 is 0 Å². The summed E-state index contributed by atoms with van der Waals surface area (Å²) in [5.74, 6) is 0. The molecule has 78 heavy (non-hydrogen) atoms. The van der Waals surface area contributed by atoms with Gasteiger partial charge in [-0.25, -0.2) is 0 Å². The predicted octanol–water partition coefficient (Wildman–Crippen LogP) is -16.4. The fraction of sp³-hybridized carbons (Fsp3) is 0.976. The average Bonchev–Trinajstić information content (AvgIpc) is 3.45. The van der Waals surface area contributed by atoms with E-state index in [9.17, 15) is 122 Å². The van der Waals surface area contributed by atoms with Crippen LogP contribution in [0, 0.1) is 0 Å². The van der Waals surface area contributed by atoms with Gasteiger partial charge in [0.2, 0.25) is 0 Å². The average molecular weight is 1150 g/mol. The normalized spacial score (nSPS) is 49.2. The molecule has 0 aliphatic carbocycles. The molecule has 6 fully saturated rings. The minimum absolute atomic E-state index is 0.133. The molecule has 0 saturated carbocycles. The minimum atomic E-state index is -2.22. The first kappa shape index (κ1) is 65.4. The number of hydrogen-bond donors (Lipinski definition) is 23.